The van der Waals surface area contributed by atoms with E-state index in [1.807, 2.05) is 11.8 Å². The summed E-state index contributed by atoms with van der Waals surface area (Å²) in [4.78, 5) is 14.6. The van der Waals surface area contributed by atoms with Gasteiger partial charge in [-0.25, -0.2) is 0 Å². The maximum atomic E-state index is 12.6. The minimum absolute atomic E-state index is 0.00489. The van der Waals surface area contributed by atoms with Gasteiger partial charge in [-0.1, -0.05) is 30.3 Å². The zero-order valence-electron chi connectivity index (χ0n) is 17.2. The molecule has 1 heterocycles. The predicted molar refractivity (Wildman–Crippen MR) is 111 cm³/mol. The highest BCUT2D eigenvalue weighted by Gasteiger charge is 2.33. The number of carbonyl (C=O) groups is 1. The van der Waals surface area contributed by atoms with E-state index in [1.54, 1.807) is 0 Å². The molecule has 2 fully saturated rings. The molecule has 1 saturated carbocycles. The Morgan fingerprint density at radius 2 is 1.89 bits per heavy atom. The highest BCUT2D eigenvalue weighted by Crippen LogP contribution is 2.34. The molecule has 1 aromatic carbocycles. The van der Waals surface area contributed by atoms with E-state index in [2.05, 4.69) is 30.3 Å². The molecule has 0 aromatic heterocycles. The number of amides is 1. The van der Waals surface area contributed by atoms with Crippen LogP contribution in [0.5, 0.6) is 0 Å². The Labute approximate surface area is 169 Å². The van der Waals surface area contributed by atoms with Crippen LogP contribution in [0.25, 0.3) is 0 Å². The highest BCUT2D eigenvalue weighted by molar-refractivity contribution is 5.76. The number of rotatable bonds is 8. The van der Waals surface area contributed by atoms with Crippen molar-refractivity contribution in [2.75, 3.05) is 26.4 Å². The van der Waals surface area contributed by atoms with Crippen molar-refractivity contribution in [3.05, 3.63) is 35.9 Å². The van der Waals surface area contributed by atoms with E-state index in [0.717, 1.165) is 32.2 Å². The molecule has 28 heavy (non-hydrogen) atoms. The molecule has 1 saturated heterocycles. The molecule has 1 amide bonds. The van der Waals surface area contributed by atoms with E-state index < -0.39 is 0 Å². The number of hydrogen-bond donors (Lipinski definition) is 1. The lowest BCUT2D eigenvalue weighted by molar-refractivity contribution is -0.139. The van der Waals surface area contributed by atoms with Crippen LogP contribution in [-0.2, 0) is 14.3 Å². The van der Waals surface area contributed by atoms with E-state index in [0.29, 0.717) is 32.2 Å². The van der Waals surface area contributed by atoms with Crippen LogP contribution in [0.15, 0.2) is 30.3 Å². The first-order valence-corrected chi connectivity index (χ1v) is 11.0. The number of nitrogens with two attached hydrogens (primary N) is 1. The van der Waals surface area contributed by atoms with Gasteiger partial charge in [-0.15, -0.1) is 0 Å². The lowest BCUT2D eigenvalue weighted by Crippen LogP contribution is -2.56. The van der Waals surface area contributed by atoms with Crippen molar-refractivity contribution < 1.29 is 14.3 Å². The largest absolute Gasteiger partial charge is 0.381 e. The second kappa shape index (κ2) is 10.9. The number of ether oxygens (including phenoxy) is 2. The molecule has 3 rings (SSSR count). The quantitative estimate of drug-likeness (QED) is 0.693. The first kappa shape index (κ1) is 21.3. The van der Waals surface area contributed by atoms with Gasteiger partial charge < -0.3 is 20.1 Å². The molecule has 5 nitrogen and oxygen atoms in total. The van der Waals surface area contributed by atoms with Gasteiger partial charge in [0.2, 0.25) is 5.91 Å². The fourth-order valence-electron chi connectivity index (χ4n) is 4.58. The molecule has 156 valence electrons. The van der Waals surface area contributed by atoms with Crippen LogP contribution in [-0.4, -0.2) is 55.4 Å². The Morgan fingerprint density at radius 1 is 1.14 bits per heavy atom. The topological polar surface area (TPSA) is 64.8 Å². The normalized spacial score (nSPS) is 28.3. The predicted octanol–water partition coefficient (Wildman–Crippen LogP) is 3.47. The molecular formula is C23H36N2O3. The standard InChI is InChI=1S/C23H36N2O3/c1-2-27-16-14-23(26)25-15-6-9-21(24)22(25)17-28-20-12-10-19(11-13-20)18-7-4-3-5-8-18/h3-5,7-8,19-22H,2,6,9-17,24H2,1H3. The van der Waals surface area contributed by atoms with Crippen molar-refractivity contribution in [1.82, 2.24) is 4.90 Å². The molecular weight excluding hydrogens is 352 g/mol. The number of benzene rings is 1. The second-order valence-corrected chi connectivity index (χ2v) is 8.13. The molecule has 1 aromatic rings. The molecule has 1 aliphatic carbocycles. The third-order valence-corrected chi connectivity index (χ3v) is 6.26. The zero-order valence-corrected chi connectivity index (χ0v) is 17.2. The highest BCUT2D eigenvalue weighted by atomic mass is 16.5. The van der Waals surface area contributed by atoms with Crippen LogP contribution in [0.2, 0.25) is 0 Å². The zero-order chi connectivity index (χ0) is 19.8. The molecule has 0 bridgehead atoms. The lowest BCUT2D eigenvalue weighted by Gasteiger charge is -2.41. The first-order valence-electron chi connectivity index (χ1n) is 11.0. The minimum Gasteiger partial charge on any atom is -0.381 e. The van der Waals surface area contributed by atoms with Gasteiger partial charge >= 0.3 is 0 Å². The van der Waals surface area contributed by atoms with Crippen LogP contribution in [0.3, 0.4) is 0 Å². The van der Waals surface area contributed by atoms with E-state index in [-0.39, 0.29) is 24.1 Å². The van der Waals surface area contributed by atoms with Crippen LogP contribution < -0.4 is 5.73 Å². The van der Waals surface area contributed by atoms with E-state index in [9.17, 15) is 4.79 Å². The maximum Gasteiger partial charge on any atom is 0.225 e. The van der Waals surface area contributed by atoms with Gasteiger partial charge in [-0.05, 0) is 56.9 Å². The van der Waals surface area contributed by atoms with Crippen LogP contribution >= 0.6 is 0 Å². The van der Waals surface area contributed by atoms with Gasteiger partial charge in [-0.3, -0.25) is 4.79 Å². The average molecular weight is 389 g/mol. The molecule has 2 atom stereocenters. The van der Waals surface area contributed by atoms with E-state index in [1.165, 1.54) is 18.4 Å². The Kier molecular flexibility index (Phi) is 8.31. The van der Waals surface area contributed by atoms with Crippen molar-refractivity contribution in [3.63, 3.8) is 0 Å². The Hall–Kier alpha value is -1.43. The number of hydrogen-bond acceptors (Lipinski definition) is 4. The Bertz CT molecular complexity index is 587. The summed E-state index contributed by atoms with van der Waals surface area (Å²) in [6.45, 7) is 4.42. The number of piperidine rings is 1. The van der Waals surface area contributed by atoms with Gasteiger partial charge in [0.25, 0.3) is 0 Å². The average Bonchev–Trinajstić information content (AvgIpc) is 2.74. The lowest BCUT2D eigenvalue weighted by atomic mass is 9.83. The summed E-state index contributed by atoms with van der Waals surface area (Å²) in [6, 6.07) is 10.8. The molecule has 0 radical (unpaired) electrons. The Balaban J connectivity index is 1.47. The van der Waals surface area contributed by atoms with Gasteiger partial charge in [0.15, 0.2) is 0 Å². The summed E-state index contributed by atoms with van der Waals surface area (Å²) in [5.74, 6) is 0.791. The number of likely N-dealkylation sites (tertiary alicyclic amines) is 1. The fraction of sp³-hybridized carbons (Fsp3) is 0.696. The van der Waals surface area contributed by atoms with E-state index in [4.69, 9.17) is 15.2 Å². The summed E-state index contributed by atoms with van der Waals surface area (Å²) in [6.07, 6.45) is 7.16. The summed E-state index contributed by atoms with van der Waals surface area (Å²) in [5.41, 5.74) is 7.82. The molecule has 5 heteroatoms. The first-order chi connectivity index (χ1) is 13.7. The summed E-state index contributed by atoms with van der Waals surface area (Å²) in [7, 11) is 0. The maximum absolute atomic E-state index is 12.6. The molecule has 2 N–H and O–H groups in total. The summed E-state index contributed by atoms with van der Waals surface area (Å²) >= 11 is 0. The minimum atomic E-state index is -0.00489. The van der Waals surface area contributed by atoms with Crippen molar-refractivity contribution in [1.29, 1.82) is 0 Å². The SMILES string of the molecule is CCOCCC(=O)N1CCCC(N)C1COC1CCC(c2ccccc2)CC1. The van der Waals surface area contributed by atoms with Gasteiger partial charge in [0.1, 0.15) is 0 Å². The molecule has 2 unspecified atom stereocenters. The van der Waals surface area contributed by atoms with Gasteiger partial charge in [-0.2, -0.15) is 0 Å². The number of carbonyl (C=O) groups excluding carboxylic acids is 1. The molecule has 1 aliphatic heterocycles. The van der Waals surface area contributed by atoms with Gasteiger partial charge in [0, 0.05) is 19.2 Å². The Morgan fingerprint density at radius 3 is 2.61 bits per heavy atom. The second-order valence-electron chi connectivity index (χ2n) is 8.13. The summed E-state index contributed by atoms with van der Waals surface area (Å²) in [5, 5.41) is 0. The van der Waals surface area contributed by atoms with Crippen molar-refractivity contribution in [3.8, 4) is 0 Å². The van der Waals surface area contributed by atoms with Crippen LogP contribution in [0.4, 0.5) is 0 Å². The molecule has 2 aliphatic rings. The fourth-order valence-corrected chi connectivity index (χ4v) is 4.58. The number of nitrogens with zero attached hydrogens (tertiary/aromatic N) is 1. The van der Waals surface area contributed by atoms with Crippen molar-refractivity contribution in [2.45, 2.75) is 76.0 Å². The van der Waals surface area contributed by atoms with Crippen LogP contribution in [0.1, 0.15) is 63.4 Å². The van der Waals surface area contributed by atoms with E-state index >= 15 is 0 Å². The third-order valence-electron chi connectivity index (χ3n) is 6.26. The molecule has 0 spiro atoms. The smallest absolute Gasteiger partial charge is 0.225 e. The van der Waals surface area contributed by atoms with Gasteiger partial charge in [0.05, 0.1) is 31.8 Å². The van der Waals surface area contributed by atoms with Crippen LogP contribution in [0, 0.1) is 0 Å². The monoisotopic (exact) mass is 388 g/mol. The van der Waals surface area contributed by atoms with Crippen molar-refractivity contribution in [2.24, 2.45) is 5.73 Å². The third kappa shape index (κ3) is 5.79. The summed E-state index contributed by atoms with van der Waals surface area (Å²) < 4.78 is 11.6. The van der Waals surface area contributed by atoms with Crippen molar-refractivity contribution >= 4 is 5.91 Å².